The summed E-state index contributed by atoms with van der Waals surface area (Å²) in [6, 6.07) is 12.4. The third kappa shape index (κ3) is 5.32. The lowest BCUT2D eigenvalue weighted by Crippen LogP contribution is -2.15. The Kier molecular flexibility index (Phi) is 7.03. The highest BCUT2D eigenvalue weighted by molar-refractivity contribution is 5.93. The fourth-order valence-corrected chi connectivity index (χ4v) is 3.56. The minimum atomic E-state index is -0.505. The number of benzene rings is 2. The first kappa shape index (κ1) is 23.2. The summed E-state index contributed by atoms with van der Waals surface area (Å²) in [6.45, 7) is 1.81. The van der Waals surface area contributed by atoms with E-state index in [2.05, 4.69) is 14.9 Å². The Labute approximate surface area is 196 Å². The number of esters is 1. The summed E-state index contributed by atoms with van der Waals surface area (Å²) in [5, 5.41) is 0. The zero-order valence-electron chi connectivity index (χ0n) is 19.4. The van der Waals surface area contributed by atoms with E-state index in [4.69, 9.17) is 13.9 Å². The van der Waals surface area contributed by atoms with Crippen LogP contribution >= 0.6 is 0 Å². The van der Waals surface area contributed by atoms with Gasteiger partial charge in [0.15, 0.2) is 17.2 Å². The number of oxazole rings is 1. The average molecular weight is 463 g/mol. The predicted octanol–water partition coefficient (Wildman–Crippen LogP) is 3.22. The molecular formula is C25H26N4O5. The Morgan fingerprint density at radius 2 is 1.91 bits per heavy atom. The summed E-state index contributed by atoms with van der Waals surface area (Å²) < 4.78 is 17.3. The Bertz CT molecular complexity index is 1340. The summed E-state index contributed by atoms with van der Waals surface area (Å²) in [6.07, 6.45) is 4.24. The smallest absolute Gasteiger partial charge is 0.420 e. The van der Waals surface area contributed by atoms with Crippen LogP contribution in [0.4, 0.5) is 0 Å². The number of hydrogen-bond acceptors (Lipinski definition) is 8. The van der Waals surface area contributed by atoms with E-state index < -0.39 is 11.7 Å². The van der Waals surface area contributed by atoms with Gasteiger partial charge in [0.1, 0.15) is 0 Å². The number of hydrogen-bond donors (Lipinski definition) is 0. The Balaban J connectivity index is 1.52. The molecule has 176 valence electrons. The molecule has 0 aliphatic rings. The molecule has 0 bridgehead atoms. The van der Waals surface area contributed by atoms with Crippen LogP contribution in [-0.2, 0) is 11.3 Å². The number of fused-ring (bicyclic) bond motifs is 1. The van der Waals surface area contributed by atoms with Gasteiger partial charge in [-0.2, -0.15) is 0 Å². The molecule has 0 radical (unpaired) electrons. The Hall–Kier alpha value is -3.98. The average Bonchev–Trinajstić information content (AvgIpc) is 3.16. The molecular weight excluding hydrogens is 436 g/mol. The minimum Gasteiger partial charge on any atom is -0.490 e. The summed E-state index contributed by atoms with van der Waals surface area (Å²) >= 11 is 0. The van der Waals surface area contributed by atoms with Crippen LogP contribution in [0, 0.1) is 0 Å². The summed E-state index contributed by atoms with van der Waals surface area (Å²) in [7, 11) is 5.36. The van der Waals surface area contributed by atoms with Gasteiger partial charge in [0.2, 0.25) is 0 Å². The lowest BCUT2D eigenvalue weighted by Gasteiger charge is -2.10. The van der Waals surface area contributed by atoms with Gasteiger partial charge in [-0.3, -0.25) is 4.57 Å². The monoisotopic (exact) mass is 462 g/mol. The first-order chi connectivity index (χ1) is 16.4. The van der Waals surface area contributed by atoms with Gasteiger partial charge in [-0.1, -0.05) is 18.2 Å². The van der Waals surface area contributed by atoms with Crippen molar-refractivity contribution in [1.82, 2.24) is 19.4 Å². The minimum absolute atomic E-state index is 0.261. The highest BCUT2D eigenvalue weighted by Gasteiger charge is 2.14. The number of methoxy groups -OCH3 is 1. The molecule has 9 nitrogen and oxygen atoms in total. The molecule has 0 N–H and O–H groups in total. The van der Waals surface area contributed by atoms with E-state index in [1.807, 2.05) is 38.4 Å². The van der Waals surface area contributed by atoms with Crippen LogP contribution in [0.25, 0.3) is 22.5 Å². The molecule has 2 aromatic heterocycles. The summed E-state index contributed by atoms with van der Waals surface area (Å²) in [5.74, 6) is 0.192. The fourth-order valence-electron chi connectivity index (χ4n) is 3.56. The second-order valence-corrected chi connectivity index (χ2v) is 8.08. The van der Waals surface area contributed by atoms with Crippen LogP contribution in [0.15, 0.2) is 64.1 Å². The molecule has 2 heterocycles. The molecule has 9 heteroatoms. The quantitative estimate of drug-likeness (QED) is 0.276. The maximum absolute atomic E-state index is 12.5. The van der Waals surface area contributed by atoms with Crippen molar-refractivity contribution in [3.63, 3.8) is 0 Å². The number of ether oxygens (including phenoxy) is 2. The highest BCUT2D eigenvalue weighted by Crippen LogP contribution is 2.21. The summed E-state index contributed by atoms with van der Waals surface area (Å²) in [4.78, 5) is 35.3. The van der Waals surface area contributed by atoms with Crippen LogP contribution in [0.5, 0.6) is 5.75 Å². The van der Waals surface area contributed by atoms with Gasteiger partial charge in [0, 0.05) is 12.1 Å². The van der Waals surface area contributed by atoms with E-state index in [9.17, 15) is 9.59 Å². The molecule has 0 unspecified atom stereocenters. The molecule has 0 fully saturated rings. The topological polar surface area (TPSA) is 99.7 Å². The number of nitrogens with zero attached hydrogens (tertiary/aromatic N) is 4. The lowest BCUT2D eigenvalue weighted by atomic mass is 10.1. The molecule has 4 aromatic rings. The normalized spacial score (nSPS) is 11.2. The van der Waals surface area contributed by atoms with Gasteiger partial charge in [-0.25, -0.2) is 19.6 Å². The van der Waals surface area contributed by atoms with Gasteiger partial charge in [0.25, 0.3) is 0 Å². The Morgan fingerprint density at radius 1 is 1.12 bits per heavy atom. The molecule has 0 spiro atoms. The third-order valence-electron chi connectivity index (χ3n) is 5.26. The summed E-state index contributed by atoms with van der Waals surface area (Å²) in [5.41, 5.74) is 2.94. The van der Waals surface area contributed by atoms with Gasteiger partial charge in [-0.15, -0.1) is 0 Å². The van der Waals surface area contributed by atoms with Crippen molar-refractivity contribution < 1.29 is 18.7 Å². The first-order valence-electron chi connectivity index (χ1n) is 10.8. The highest BCUT2D eigenvalue weighted by atomic mass is 16.5. The lowest BCUT2D eigenvalue weighted by molar-refractivity contribution is 0.0601. The van der Waals surface area contributed by atoms with E-state index in [1.165, 1.54) is 11.7 Å². The van der Waals surface area contributed by atoms with Gasteiger partial charge < -0.3 is 18.8 Å². The first-order valence-corrected chi connectivity index (χ1v) is 10.8. The SMILES string of the molecule is COC(=O)c1ccc2oc(=O)n(Cc3cccc(-c4ncc(OCCCN(C)C)cn4)c3)c2c1. The standard InChI is InChI=1S/C25H26N4O5/c1-28(2)10-5-11-33-20-14-26-23(27-15-20)18-7-4-6-17(12-18)16-29-21-13-19(24(30)32-3)8-9-22(21)34-25(29)31/h4,6-9,12-15H,5,10-11,16H2,1-3H3. The molecule has 0 saturated carbocycles. The van der Waals surface area contributed by atoms with Crippen molar-refractivity contribution in [2.24, 2.45) is 0 Å². The van der Waals surface area contributed by atoms with Crippen LogP contribution in [-0.4, -0.2) is 59.8 Å². The van der Waals surface area contributed by atoms with Crippen LogP contribution in [0.3, 0.4) is 0 Å². The second kappa shape index (κ2) is 10.3. The molecule has 0 amide bonds. The zero-order chi connectivity index (χ0) is 24.1. The second-order valence-electron chi connectivity index (χ2n) is 8.08. The largest absolute Gasteiger partial charge is 0.490 e. The molecule has 0 aliphatic carbocycles. The van der Waals surface area contributed by atoms with Crippen molar-refractivity contribution in [3.8, 4) is 17.1 Å². The van der Waals surface area contributed by atoms with E-state index >= 15 is 0 Å². The van der Waals surface area contributed by atoms with Crippen LogP contribution in [0.2, 0.25) is 0 Å². The van der Waals surface area contributed by atoms with Crippen molar-refractivity contribution in [1.29, 1.82) is 0 Å². The van der Waals surface area contributed by atoms with Crippen LogP contribution < -0.4 is 10.5 Å². The van der Waals surface area contributed by atoms with Gasteiger partial charge in [0.05, 0.1) is 43.7 Å². The Morgan fingerprint density at radius 3 is 2.65 bits per heavy atom. The number of rotatable bonds is 9. The molecule has 34 heavy (non-hydrogen) atoms. The maximum atomic E-state index is 12.5. The van der Waals surface area contributed by atoms with Crippen molar-refractivity contribution in [2.45, 2.75) is 13.0 Å². The van der Waals surface area contributed by atoms with E-state index in [0.717, 1.165) is 24.1 Å². The molecule has 4 rings (SSSR count). The van der Waals surface area contributed by atoms with Crippen molar-refractivity contribution >= 4 is 17.1 Å². The number of carbonyl (C=O) groups excluding carboxylic acids is 1. The number of carbonyl (C=O) groups is 1. The van der Waals surface area contributed by atoms with Crippen molar-refractivity contribution in [2.75, 3.05) is 34.4 Å². The molecule has 0 atom stereocenters. The van der Waals surface area contributed by atoms with Gasteiger partial charge in [-0.05, 0) is 50.3 Å². The van der Waals surface area contributed by atoms with Crippen molar-refractivity contribution in [3.05, 3.63) is 76.5 Å². The van der Waals surface area contributed by atoms with Crippen LogP contribution in [0.1, 0.15) is 22.3 Å². The van der Waals surface area contributed by atoms with E-state index in [-0.39, 0.29) is 6.54 Å². The molecule has 0 saturated heterocycles. The maximum Gasteiger partial charge on any atom is 0.420 e. The fraction of sp³-hybridized carbons (Fsp3) is 0.280. The number of aromatic nitrogens is 3. The predicted molar refractivity (Wildman–Crippen MR) is 127 cm³/mol. The van der Waals surface area contributed by atoms with Gasteiger partial charge >= 0.3 is 11.7 Å². The third-order valence-corrected chi connectivity index (χ3v) is 5.26. The molecule has 2 aromatic carbocycles. The zero-order valence-corrected chi connectivity index (χ0v) is 19.4. The molecule has 0 aliphatic heterocycles. The van der Waals surface area contributed by atoms with E-state index in [0.29, 0.717) is 34.8 Å². The van der Waals surface area contributed by atoms with E-state index in [1.54, 1.807) is 30.6 Å².